The summed E-state index contributed by atoms with van der Waals surface area (Å²) in [4.78, 5) is 15.2. The van der Waals surface area contributed by atoms with E-state index in [0.717, 1.165) is 31.2 Å². The van der Waals surface area contributed by atoms with Crippen molar-refractivity contribution < 1.29 is 4.79 Å². The number of amides is 1. The molecule has 136 valence electrons. The van der Waals surface area contributed by atoms with Gasteiger partial charge >= 0.3 is 0 Å². The number of hydrogen-bond acceptors (Lipinski definition) is 2. The zero-order chi connectivity index (χ0) is 17.1. The fourth-order valence-corrected chi connectivity index (χ4v) is 2.32. The Morgan fingerprint density at radius 2 is 1.75 bits per heavy atom. The molecule has 1 aromatic rings. The highest BCUT2D eigenvalue weighted by Gasteiger charge is 2.04. The molecule has 0 spiro atoms. The lowest BCUT2D eigenvalue weighted by molar-refractivity contribution is -0.114. The van der Waals surface area contributed by atoms with Crippen molar-refractivity contribution in [3.63, 3.8) is 0 Å². The summed E-state index contributed by atoms with van der Waals surface area (Å²) in [6.45, 7) is 7.73. The second-order valence-electron chi connectivity index (χ2n) is 5.69. The molecule has 0 saturated carbocycles. The lowest BCUT2D eigenvalue weighted by atomic mass is 10.0. The molecule has 5 nitrogen and oxygen atoms in total. The number of nitrogens with zero attached hydrogens (tertiary/aromatic N) is 1. The van der Waals surface area contributed by atoms with Crippen LogP contribution in [0.1, 0.15) is 39.2 Å². The van der Waals surface area contributed by atoms with Gasteiger partial charge in [0.05, 0.1) is 0 Å². The molecular weight excluding hydrogens is 415 g/mol. The number of rotatable bonds is 8. The van der Waals surface area contributed by atoms with E-state index in [-0.39, 0.29) is 29.9 Å². The van der Waals surface area contributed by atoms with Crippen LogP contribution in [0.4, 0.5) is 5.69 Å². The van der Waals surface area contributed by atoms with E-state index in [1.807, 2.05) is 24.3 Å². The average molecular weight is 446 g/mol. The molecular formula is C18H31IN4O. The average Bonchev–Trinajstić information content (AvgIpc) is 2.55. The highest BCUT2D eigenvalue weighted by Crippen LogP contribution is 2.09. The minimum absolute atomic E-state index is 0. The summed E-state index contributed by atoms with van der Waals surface area (Å²) < 4.78 is 0. The minimum Gasteiger partial charge on any atom is -0.356 e. The Hall–Kier alpha value is -1.31. The number of benzene rings is 1. The number of carbonyl (C=O) groups is 1. The number of carbonyl (C=O) groups excluding carboxylic acids is 1. The van der Waals surface area contributed by atoms with Gasteiger partial charge in [-0.2, -0.15) is 0 Å². The topological polar surface area (TPSA) is 65.5 Å². The van der Waals surface area contributed by atoms with Gasteiger partial charge in [-0.3, -0.25) is 9.79 Å². The molecule has 0 bridgehead atoms. The number of halogens is 1. The SMILES string of the molecule is CCC(CC)CNC(=NC)NCCc1ccc(NC(C)=O)cc1.I. The van der Waals surface area contributed by atoms with Crippen molar-refractivity contribution in [3.8, 4) is 0 Å². The number of guanidine groups is 1. The van der Waals surface area contributed by atoms with Gasteiger partial charge < -0.3 is 16.0 Å². The molecule has 0 aliphatic rings. The molecule has 0 aromatic heterocycles. The molecule has 0 fully saturated rings. The fraction of sp³-hybridized carbons (Fsp3) is 0.556. The van der Waals surface area contributed by atoms with Gasteiger partial charge in [-0.15, -0.1) is 24.0 Å². The number of anilines is 1. The van der Waals surface area contributed by atoms with E-state index in [1.165, 1.54) is 25.3 Å². The van der Waals surface area contributed by atoms with Crippen LogP contribution in [-0.2, 0) is 11.2 Å². The van der Waals surface area contributed by atoms with Gasteiger partial charge in [0.25, 0.3) is 0 Å². The van der Waals surface area contributed by atoms with E-state index >= 15 is 0 Å². The van der Waals surface area contributed by atoms with Crippen LogP contribution in [0, 0.1) is 5.92 Å². The lowest BCUT2D eigenvalue weighted by Gasteiger charge is -2.16. The first-order chi connectivity index (χ1) is 11.1. The normalized spacial score (nSPS) is 11.0. The third-order valence-electron chi connectivity index (χ3n) is 3.92. The van der Waals surface area contributed by atoms with E-state index in [0.29, 0.717) is 5.92 Å². The molecule has 1 amide bonds. The van der Waals surface area contributed by atoms with E-state index in [9.17, 15) is 4.79 Å². The van der Waals surface area contributed by atoms with Gasteiger partial charge in [0.1, 0.15) is 0 Å². The molecule has 0 saturated heterocycles. The summed E-state index contributed by atoms with van der Waals surface area (Å²) >= 11 is 0. The Labute approximate surface area is 163 Å². The maximum atomic E-state index is 11.0. The zero-order valence-electron chi connectivity index (χ0n) is 15.2. The van der Waals surface area contributed by atoms with Crippen molar-refractivity contribution >= 4 is 41.5 Å². The smallest absolute Gasteiger partial charge is 0.221 e. The predicted molar refractivity (Wildman–Crippen MR) is 113 cm³/mol. The van der Waals surface area contributed by atoms with Crippen molar-refractivity contribution in [2.45, 2.75) is 40.0 Å². The molecule has 0 heterocycles. The van der Waals surface area contributed by atoms with Gasteiger partial charge in [-0.05, 0) is 30.0 Å². The first-order valence-corrected chi connectivity index (χ1v) is 8.40. The van der Waals surface area contributed by atoms with Crippen LogP contribution >= 0.6 is 24.0 Å². The Bertz CT molecular complexity index is 498. The molecule has 1 rings (SSSR count). The summed E-state index contributed by atoms with van der Waals surface area (Å²) in [6, 6.07) is 7.93. The van der Waals surface area contributed by atoms with Gasteiger partial charge in [-0.1, -0.05) is 38.8 Å². The van der Waals surface area contributed by atoms with Crippen molar-refractivity contribution in [3.05, 3.63) is 29.8 Å². The molecule has 3 N–H and O–H groups in total. The standard InChI is InChI=1S/C18H30N4O.HI/c1-5-15(6-2)13-21-18(19-4)20-12-11-16-7-9-17(10-8-16)22-14(3)23;/h7-10,15H,5-6,11-13H2,1-4H3,(H,22,23)(H2,19,20,21);1H. The summed E-state index contributed by atoms with van der Waals surface area (Å²) in [5.41, 5.74) is 2.05. The molecule has 0 aliphatic heterocycles. The Kier molecular flexibility index (Phi) is 12.3. The highest BCUT2D eigenvalue weighted by atomic mass is 127. The van der Waals surface area contributed by atoms with Gasteiger partial charge in [0.15, 0.2) is 5.96 Å². The summed E-state index contributed by atoms with van der Waals surface area (Å²) in [5.74, 6) is 1.49. The van der Waals surface area contributed by atoms with Crippen LogP contribution in [0.3, 0.4) is 0 Å². The Balaban J connectivity index is 0.00000529. The third kappa shape index (κ3) is 9.10. The van der Waals surface area contributed by atoms with Crippen molar-refractivity contribution in [1.29, 1.82) is 0 Å². The second-order valence-corrected chi connectivity index (χ2v) is 5.69. The van der Waals surface area contributed by atoms with Crippen LogP contribution in [0.15, 0.2) is 29.3 Å². The molecule has 0 aliphatic carbocycles. The fourth-order valence-electron chi connectivity index (χ4n) is 2.32. The van der Waals surface area contributed by atoms with E-state index in [4.69, 9.17) is 0 Å². The van der Waals surface area contributed by atoms with Crippen LogP contribution in [0.2, 0.25) is 0 Å². The first kappa shape index (κ1) is 22.7. The van der Waals surface area contributed by atoms with Crippen molar-refractivity contribution in [1.82, 2.24) is 10.6 Å². The van der Waals surface area contributed by atoms with Gasteiger partial charge in [0, 0.05) is 32.7 Å². The van der Waals surface area contributed by atoms with E-state index < -0.39 is 0 Å². The summed E-state index contributed by atoms with van der Waals surface area (Å²) in [6.07, 6.45) is 3.27. The van der Waals surface area contributed by atoms with E-state index in [2.05, 4.69) is 34.8 Å². The highest BCUT2D eigenvalue weighted by molar-refractivity contribution is 14.0. The molecule has 24 heavy (non-hydrogen) atoms. The van der Waals surface area contributed by atoms with Crippen molar-refractivity contribution in [2.75, 3.05) is 25.5 Å². The number of aliphatic imine (C=N–C) groups is 1. The molecule has 0 radical (unpaired) electrons. The number of nitrogens with one attached hydrogen (secondary N) is 3. The minimum atomic E-state index is -0.0493. The zero-order valence-corrected chi connectivity index (χ0v) is 17.5. The summed E-state index contributed by atoms with van der Waals surface area (Å²) in [5, 5.41) is 9.49. The maximum Gasteiger partial charge on any atom is 0.221 e. The number of hydrogen-bond donors (Lipinski definition) is 3. The lowest BCUT2D eigenvalue weighted by Crippen LogP contribution is -2.40. The Morgan fingerprint density at radius 1 is 1.12 bits per heavy atom. The molecule has 1 aromatic carbocycles. The van der Waals surface area contributed by atoms with Gasteiger partial charge in [-0.25, -0.2) is 0 Å². The summed E-state index contributed by atoms with van der Waals surface area (Å²) in [7, 11) is 1.80. The largest absolute Gasteiger partial charge is 0.356 e. The van der Waals surface area contributed by atoms with Crippen LogP contribution in [0.25, 0.3) is 0 Å². The maximum absolute atomic E-state index is 11.0. The van der Waals surface area contributed by atoms with Crippen LogP contribution < -0.4 is 16.0 Å². The second kappa shape index (κ2) is 13.0. The van der Waals surface area contributed by atoms with Crippen LogP contribution in [0.5, 0.6) is 0 Å². The van der Waals surface area contributed by atoms with Crippen molar-refractivity contribution in [2.24, 2.45) is 10.9 Å². The monoisotopic (exact) mass is 446 g/mol. The molecule has 0 unspecified atom stereocenters. The Morgan fingerprint density at radius 3 is 2.25 bits per heavy atom. The molecule has 6 heteroatoms. The molecule has 0 atom stereocenters. The van der Waals surface area contributed by atoms with Gasteiger partial charge in [0.2, 0.25) is 5.91 Å². The predicted octanol–water partition coefficient (Wildman–Crippen LogP) is 3.41. The van der Waals surface area contributed by atoms with E-state index in [1.54, 1.807) is 7.05 Å². The third-order valence-corrected chi connectivity index (χ3v) is 3.92. The quantitative estimate of drug-likeness (QED) is 0.326. The van der Waals surface area contributed by atoms with Crippen LogP contribution in [-0.4, -0.2) is 32.0 Å². The first-order valence-electron chi connectivity index (χ1n) is 8.40.